The first-order valence-electron chi connectivity index (χ1n) is 15.5. The molecule has 1 saturated carbocycles. The Bertz CT molecular complexity index is 2040. The number of nitrogens with zero attached hydrogens (tertiary/aromatic N) is 4. The van der Waals surface area contributed by atoms with Crippen LogP contribution < -0.4 is 14.5 Å². The largest absolute Gasteiger partial charge is 0.504 e. The molecule has 0 spiro atoms. The number of non-ortho nitro benzene ring substituents is 2. The van der Waals surface area contributed by atoms with Crippen molar-refractivity contribution in [1.82, 2.24) is 0 Å². The quantitative estimate of drug-likeness (QED) is 0.159. The second kappa shape index (κ2) is 11.8. The molecule has 4 aliphatic rings. The van der Waals surface area contributed by atoms with Crippen molar-refractivity contribution in [3.63, 3.8) is 0 Å². The van der Waals surface area contributed by atoms with Crippen LogP contribution in [-0.4, -0.2) is 45.7 Å². The van der Waals surface area contributed by atoms with Gasteiger partial charge in [-0.1, -0.05) is 42.0 Å². The molecule has 49 heavy (non-hydrogen) atoms. The number of carbonyl (C=O) groups excluding carboxylic acids is 4. The highest BCUT2D eigenvalue weighted by molar-refractivity contribution is 6.24. The van der Waals surface area contributed by atoms with Gasteiger partial charge in [-0.3, -0.25) is 39.4 Å². The number of hydrogen-bond acceptors (Lipinski definition) is 10. The minimum Gasteiger partial charge on any atom is -0.504 e. The lowest BCUT2D eigenvalue weighted by molar-refractivity contribution is -0.385. The lowest BCUT2D eigenvalue weighted by atomic mass is 9.58. The average Bonchev–Trinajstić information content (AvgIpc) is 3.50. The molecule has 2 aliphatic heterocycles. The third-order valence-electron chi connectivity index (χ3n) is 10.00. The van der Waals surface area contributed by atoms with Crippen molar-refractivity contribution in [2.45, 2.75) is 12.8 Å². The number of nitro benzene ring substituents is 2. The van der Waals surface area contributed by atoms with E-state index in [1.807, 2.05) is 6.08 Å². The lowest BCUT2D eigenvalue weighted by Gasteiger charge is -2.42. The van der Waals surface area contributed by atoms with E-state index in [2.05, 4.69) is 0 Å². The van der Waals surface area contributed by atoms with Crippen LogP contribution in [0.15, 0.2) is 84.5 Å². The lowest BCUT2D eigenvalue weighted by Crippen LogP contribution is -2.43. The number of hydrogen-bond donors (Lipinski definition) is 1. The number of phenols is 1. The number of carbonyl (C=O) groups is 4. The van der Waals surface area contributed by atoms with Gasteiger partial charge in [-0.15, -0.1) is 0 Å². The first kappa shape index (κ1) is 31.4. The Morgan fingerprint density at radius 2 is 1.37 bits per heavy atom. The molecule has 0 radical (unpaired) electrons. The van der Waals surface area contributed by atoms with Crippen molar-refractivity contribution < 1.29 is 38.9 Å². The van der Waals surface area contributed by atoms with E-state index >= 15 is 0 Å². The minimum atomic E-state index is -0.911. The molecular formula is C35H28N4O10. The highest BCUT2D eigenvalue weighted by atomic mass is 16.6. The van der Waals surface area contributed by atoms with E-state index in [4.69, 9.17) is 4.74 Å². The molecule has 3 fully saturated rings. The number of amides is 4. The van der Waals surface area contributed by atoms with Gasteiger partial charge in [0.25, 0.3) is 11.4 Å². The van der Waals surface area contributed by atoms with Crippen molar-refractivity contribution in [1.29, 1.82) is 0 Å². The molecule has 2 aliphatic carbocycles. The standard InChI is InChI=1S/C35H28N4O10/c1-49-29-14-18(9-13-28(29)40)8-10-24-23-11-12-25-31(35(44)36(32(25)41)19-4-2-6-21(15-19)38(45)46)26(23)17-27-30(24)34(43)37(33(27)42)20-5-3-7-22(16-20)39(47)48/h2-11,13-16,24-27,30-31,40H,12,17H2,1H3/t24-,25-,26+,27+,30-,31-/m0/s1. The molecule has 7 rings (SSSR count). The zero-order valence-corrected chi connectivity index (χ0v) is 25.9. The molecule has 14 nitrogen and oxygen atoms in total. The van der Waals surface area contributed by atoms with Crippen LogP contribution in [0.1, 0.15) is 18.4 Å². The molecule has 0 aromatic heterocycles. The summed E-state index contributed by atoms with van der Waals surface area (Å²) in [6.07, 6.45) is 5.60. The van der Waals surface area contributed by atoms with Crippen molar-refractivity contribution in [2.75, 3.05) is 16.9 Å². The number of aromatic hydroxyl groups is 1. The number of fused-ring (bicyclic) bond motifs is 4. The first-order chi connectivity index (χ1) is 23.5. The second-order valence-corrected chi connectivity index (χ2v) is 12.4. The number of allylic oxidation sites excluding steroid dienone is 3. The van der Waals surface area contributed by atoms with E-state index in [0.717, 1.165) is 9.80 Å². The molecule has 3 aromatic carbocycles. The van der Waals surface area contributed by atoms with E-state index in [-0.39, 0.29) is 47.1 Å². The number of rotatable bonds is 7. The molecule has 1 N–H and O–H groups in total. The van der Waals surface area contributed by atoms with Gasteiger partial charge >= 0.3 is 0 Å². The van der Waals surface area contributed by atoms with Crippen LogP contribution in [0.5, 0.6) is 11.5 Å². The smallest absolute Gasteiger partial charge is 0.271 e. The van der Waals surface area contributed by atoms with Crippen LogP contribution in [0.2, 0.25) is 0 Å². The van der Waals surface area contributed by atoms with E-state index in [9.17, 15) is 44.5 Å². The summed E-state index contributed by atoms with van der Waals surface area (Å²) in [5.41, 5.74) is 0.910. The number of methoxy groups -OCH3 is 1. The maximum absolute atomic E-state index is 14.2. The second-order valence-electron chi connectivity index (χ2n) is 12.4. The molecule has 3 aromatic rings. The molecule has 248 valence electrons. The van der Waals surface area contributed by atoms with Crippen LogP contribution >= 0.6 is 0 Å². The van der Waals surface area contributed by atoms with E-state index < -0.39 is 69.0 Å². The number of nitro groups is 2. The fourth-order valence-electron chi connectivity index (χ4n) is 7.86. The molecule has 2 saturated heterocycles. The maximum Gasteiger partial charge on any atom is 0.271 e. The van der Waals surface area contributed by atoms with Gasteiger partial charge in [0.2, 0.25) is 23.6 Å². The summed E-state index contributed by atoms with van der Waals surface area (Å²) in [6.45, 7) is 0. The van der Waals surface area contributed by atoms with Gasteiger partial charge in [-0.05, 0) is 48.6 Å². The number of anilines is 2. The van der Waals surface area contributed by atoms with E-state index in [1.165, 1.54) is 61.7 Å². The molecule has 2 heterocycles. The van der Waals surface area contributed by atoms with Crippen LogP contribution in [0, 0.1) is 55.7 Å². The third-order valence-corrected chi connectivity index (χ3v) is 10.00. The van der Waals surface area contributed by atoms with Gasteiger partial charge in [0.1, 0.15) is 0 Å². The Hall–Kier alpha value is -6.18. The SMILES string of the molecule is COc1cc(C=C[C@H]2C3=CC[C@@H]4C(=O)N(c5cccc([N+](=O)[O-])c5)C(=O)[C@@H]4[C@@H]3C[C@H]3C(=O)N(c4cccc([N+](=O)[O-])c4)C(=O)[C@@H]23)ccc1O. The number of imide groups is 2. The maximum atomic E-state index is 14.2. The molecule has 0 unspecified atom stereocenters. The van der Waals surface area contributed by atoms with E-state index in [1.54, 1.807) is 24.3 Å². The van der Waals surface area contributed by atoms with Crippen molar-refractivity contribution in [3.8, 4) is 11.5 Å². The number of benzene rings is 3. The Labute approximate surface area is 278 Å². The van der Waals surface area contributed by atoms with Crippen LogP contribution in [0.4, 0.5) is 22.7 Å². The van der Waals surface area contributed by atoms with Gasteiger partial charge in [0.15, 0.2) is 11.5 Å². The summed E-state index contributed by atoms with van der Waals surface area (Å²) in [5, 5.41) is 33.0. The molecule has 14 heteroatoms. The van der Waals surface area contributed by atoms with Crippen molar-refractivity contribution in [3.05, 3.63) is 110 Å². The van der Waals surface area contributed by atoms with Gasteiger partial charge in [-0.25, -0.2) is 9.80 Å². The predicted octanol–water partition coefficient (Wildman–Crippen LogP) is 4.81. The van der Waals surface area contributed by atoms with Gasteiger partial charge in [-0.2, -0.15) is 0 Å². The van der Waals surface area contributed by atoms with Gasteiger partial charge < -0.3 is 9.84 Å². The minimum absolute atomic E-state index is 0.0587. The monoisotopic (exact) mass is 664 g/mol. The predicted molar refractivity (Wildman–Crippen MR) is 173 cm³/mol. The summed E-state index contributed by atoms with van der Waals surface area (Å²) in [5.74, 6) is -6.77. The molecule has 4 amide bonds. The topological polar surface area (TPSA) is 190 Å². The van der Waals surface area contributed by atoms with Crippen LogP contribution in [0.3, 0.4) is 0 Å². The Morgan fingerprint density at radius 1 is 0.776 bits per heavy atom. The highest BCUT2D eigenvalue weighted by Gasteiger charge is 2.61. The normalized spacial score (nSPS) is 26.0. The van der Waals surface area contributed by atoms with Gasteiger partial charge in [0, 0.05) is 30.2 Å². The molecular weight excluding hydrogens is 636 g/mol. The van der Waals surface area contributed by atoms with E-state index in [0.29, 0.717) is 11.1 Å². The Morgan fingerprint density at radius 3 is 1.96 bits per heavy atom. The Balaban J connectivity index is 1.30. The molecule has 6 atom stereocenters. The zero-order valence-electron chi connectivity index (χ0n) is 25.9. The average molecular weight is 665 g/mol. The number of ether oxygens (including phenoxy) is 1. The summed E-state index contributed by atoms with van der Waals surface area (Å²) < 4.78 is 5.23. The summed E-state index contributed by atoms with van der Waals surface area (Å²) in [7, 11) is 1.41. The number of phenolic OH excluding ortho intramolecular Hbond substituents is 1. The highest BCUT2D eigenvalue weighted by Crippen LogP contribution is 2.56. The van der Waals surface area contributed by atoms with Crippen molar-refractivity contribution >= 4 is 52.5 Å². The Kier molecular flexibility index (Phi) is 7.57. The summed E-state index contributed by atoms with van der Waals surface area (Å²) >= 11 is 0. The zero-order chi connectivity index (χ0) is 34.7. The third kappa shape index (κ3) is 5.03. The van der Waals surface area contributed by atoms with Crippen LogP contribution in [0.25, 0.3) is 6.08 Å². The summed E-state index contributed by atoms with van der Waals surface area (Å²) in [4.78, 5) is 79.8. The van der Waals surface area contributed by atoms with Gasteiger partial charge in [0.05, 0.1) is 52.0 Å². The fraction of sp³-hybridized carbons (Fsp3) is 0.257. The fourth-order valence-corrected chi connectivity index (χ4v) is 7.86. The van der Waals surface area contributed by atoms with Crippen LogP contribution in [-0.2, 0) is 19.2 Å². The first-order valence-corrected chi connectivity index (χ1v) is 15.5. The summed E-state index contributed by atoms with van der Waals surface area (Å²) in [6, 6.07) is 15.3. The van der Waals surface area contributed by atoms with Crippen molar-refractivity contribution in [2.24, 2.45) is 35.5 Å². The molecule has 0 bridgehead atoms.